The van der Waals surface area contributed by atoms with Crippen molar-refractivity contribution in [2.75, 3.05) is 40.3 Å². The molecule has 0 spiro atoms. The van der Waals surface area contributed by atoms with Crippen LogP contribution in [-0.2, 0) is 0 Å². The van der Waals surface area contributed by atoms with Crippen molar-refractivity contribution in [1.82, 2.24) is 9.80 Å². The first kappa shape index (κ1) is 18.1. The number of hydrogen-bond acceptors (Lipinski definition) is 3. The summed E-state index contributed by atoms with van der Waals surface area (Å²) in [5.74, 6) is 0. The molecule has 1 N–H and O–H groups in total. The lowest BCUT2D eigenvalue weighted by atomic mass is 9.95. The molecule has 0 radical (unpaired) electrons. The molecule has 0 fully saturated rings. The van der Waals surface area contributed by atoms with Crippen molar-refractivity contribution in [2.45, 2.75) is 40.2 Å². The van der Waals surface area contributed by atoms with Gasteiger partial charge in [-0.3, -0.25) is 4.90 Å². The minimum Gasteiger partial charge on any atom is -0.387 e. The van der Waals surface area contributed by atoms with Crippen molar-refractivity contribution in [1.29, 1.82) is 0 Å². The summed E-state index contributed by atoms with van der Waals surface area (Å²) in [6.07, 6.45) is 0.714. The van der Waals surface area contributed by atoms with Crippen LogP contribution in [0.5, 0.6) is 0 Å². The minimum atomic E-state index is -0.403. The average Bonchev–Trinajstić information content (AvgIpc) is 2.34. The molecule has 3 heteroatoms. The van der Waals surface area contributed by atoms with E-state index >= 15 is 0 Å². The Hall–Kier alpha value is -0.900. The number of aliphatic hydroxyl groups is 1. The van der Waals surface area contributed by atoms with Gasteiger partial charge in [-0.25, -0.2) is 0 Å². The predicted octanol–water partition coefficient (Wildman–Crippen LogP) is 2.92. The molecule has 0 heterocycles. The van der Waals surface area contributed by atoms with Gasteiger partial charge in [0.1, 0.15) is 0 Å². The van der Waals surface area contributed by atoms with Crippen LogP contribution in [0.3, 0.4) is 0 Å². The number of nitrogens with zero attached hydrogens (tertiary/aromatic N) is 2. The van der Waals surface area contributed by atoms with Crippen LogP contribution < -0.4 is 0 Å². The highest BCUT2D eigenvalue weighted by molar-refractivity contribution is 5.39. The summed E-state index contributed by atoms with van der Waals surface area (Å²) in [5.41, 5.74) is 4.76. The van der Waals surface area contributed by atoms with Gasteiger partial charge in [-0.2, -0.15) is 0 Å². The molecule has 1 unspecified atom stereocenters. The third kappa shape index (κ3) is 5.77. The Bertz CT molecular complexity index is 420. The third-order valence-electron chi connectivity index (χ3n) is 3.91. The lowest BCUT2D eigenvalue weighted by molar-refractivity contribution is 0.107. The highest BCUT2D eigenvalue weighted by Gasteiger charge is 2.17. The van der Waals surface area contributed by atoms with E-state index in [0.29, 0.717) is 6.54 Å². The van der Waals surface area contributed by atoms with Crippen LogP contribution in [0.1, 0.15) is 41.7 Å². The summed E-state index contributed by atoms with van der Waals surface area (Å²) in [5, 5.41) is 10.7. The highest BCUT2D eigenvalue weighted by Crippen LogP contribution is 2.24. The molecule has 0 amide bonds. The molecule has 120 valence electrons. The molecule has 1 rings (SSSR count). The van der Waals surface area contributed by atoms with Crippen LogP contribution in [0.25, 0.3) is 0 Å². The molecule has 1 aromatic carbocycles. The van der Waals surface area contributed by atoms with Crippen molar-refractivity contribution >= 4 is 0 Å². The molecule has 1 atom stereocenters. The summed E-state index contributed by atoms with van der Waals surface area (Å²) in [6.45, 7) is 12.3. The smallest absolute Gasteiger partial charge is 0.0922 e. The van der Waals surface area contributed by atoms with Crippen LogP contribution in [0.4, 0.5) is 0 Å². The molecule has 0 aliphatic carbocycles. The van der Waals surface area contributed by atoms with E-state index in [9.17, 15) is 5.11 Å². The van der Waals surface area contributed by atoms with Crippen LogP contribution in [0.2, 0.25) is 0 Å². The second-order valence-electron chi connectivity index (χ2n) is 6.43. The molecular formula is C18H32N2O. The fourth-order valence-electron chi connectivity index (χ4n) is 3.00. The van der Waals surface area contributed by atoms with Crippen molar-refractivity contribution in [3.8, 4) is 0 Å². The summed E-state index contributed by atoms with van der Waals surface area (Å²) in [4.78, 5) is 4.56. The van der Waals surface area contributed by atoms with Crippen LogP contribution >= 0.6 is 0 Å². The van der Waals surface area contributed by atoms with Gasteiger partial charge in [-0.15, -0.1) is 0 Å². The van der Waals surface area contributed by atoms with Crippen LogP contribution in [0.15, 0.2) is 12.1 Å². The number of rotatable bonds is 8. The molecule has 0 aromatic heterocycles. The van der Waals surface area contributed by atoms with E-state index in [1.165, 1.54) is 16.7 Å². The molecule has 21 heavy (non-hydrogen) atoms. The summed E-state index contributed by atoms with van der Waals surface area (Å²) in [6, 6.07) is 4.32. The molecule has 3 nitrogen and oxygen atoms in total. The summed E-state index contributed by atoms with van der Waals surface area (Å²) < 4.78 is 0. The van der Waals surface area contributed by atoms with Gasteiger partial charge in [0.05, 0.1) is 6.10 Å². The second kappa shape index (κ2) is 8.52. The fraction of sp³-hybridized carbons (Fsp3) is 0.667. The molecule has 0 aliphatic heterocycles. The van der Waals surface area contributed by atoms with Gasteiger partial charge in [-0.05, 0) is 64.5 Å². The van der Waals surface area contributed by atoms with Crippen molar-refractivity contribution < 1.29 is 5.11 Å². The van der Waals surface area contributed by atoms with Gasteiger partial charge in [0.15, 0.2) is 0 Å². The zero-order valence-electron chi connectivity index (χ0n) is 14.6. The first-order valence-corrected chi connectivity index (χ1v) is 7.98. The van der Waals surface area contributed by atoms with Crippen molar-refractivity contribution in [2.24, 2.45) is 0 Å². The third-order valence-corrected chi connectivity index (χ3v) is 3.91. The van der Waals surface area contributed by atoms with Gasteiger partial charge >= 0.3 is 0 Å². The first-order valence-electron chi connectivity index (χ1n) is 7.98. The van der Waals surface area contributed by atoms with Gasteiger partial charge in [-0.1, -0.05) is 24.6 Å². The van der Waals surface area contributed by atoms with E-state index in [1.807, 2.05) is 0 Å². The zero-order valence-corrected chi connectivity index (χ0v) is 14.6. The minimum absolute atomic E-state index is 0.403. The predicted molar refractivity (Wildman–Crippen MR) is 90.9 cm³/mol. The largest absolute Gasteiger partial charge is 0.387 e. The number of aliphatic hydroxyl groups excluding tert-OH is 1. The van der Waals surface area contributed by atoms with E-state index in [1.54, 1.807) is 0 Å². The van der Waals surface area contributed by atoms with E-state index in [4.69, 9.17) is 0 Å². The standard InChI is InChI=1S/C18H32N2O/c1-7-8-20(10-9-19(5)6)13-17(21)18-15(3)11-14(2)12-16(18)4/h11-12,17,21H,7-10,13H2,1-6H3. The van der Waals surface area contributed by atoms with Crippen molar-refractivity contribution in [3.05, 3.63) is 34.4 Å². The zero-order chi connectivity index (χ0) is 16.0. The maximum absolute atomic E-state index is 10.7. The highest BCUT2D eigenvalue weighted by atomic mass is 16.3. The Morgan fingerprint density at radius 3 is 2.05 bits per heavy atom. The molecule has 0 saturated carbocycles. The first-order chi connectivity index (χ1) is 9.85. The molecule has 1 aromatic rings. The van der Waals surface area contributed by atoms with E-state index < -0.39 is 6.10 Å². The molecule has 0 bridgehead atoms. The summed E-state index contributed by atoms with van der Waals surface area (Å²) in [7, 11) is 4.18. The van der Waals surface area contributed by atoms with Crippen LogP contribution in [0, 0.1) is 20.8 Å². The number of hydrogen-bond donors (Lipinski definition) is 1. The topological polar surface area (TPSA) is 26.7 Å². The average molecular weight is 292 g/mol. The Labute approximate surface area is 130 Å². The SMILES string of the molecule is CCCN(CCN(C)C)CC(O)c1c(C)cc(C)cc1C. The van der Waals surface area contributed by atoms with Crippen molar-refractivity contribution in [3.63, 3.8) is 0 Å². The maximum Gasteiger partial charge on any atom is 0.0922 e. The number of benzene rings is 1. The Kier molecular flexibility index (Phi) is 7.36. The van der Waals surface area contributed by atoms with Gasteiger partial charge in [0.2, 0.25) is 0 Å². The van der Waals surface area contributed by atoms with E-state index in [2.05, 4.69) is 63.7 Å². The van der Waals surface area contributed by atoms with Gasteiger partial charge < -0.3 is 10.0 Å². The second-order valence-corrected chi connectivity index (χ2v) is 6.43. The van der Waals surface area contributed by atoms with E-state index in [-0.39, 0.29) is 0 Å². The van der Waals surface area contributed by atoms with Gasteiger partial charge in [0.25, 0.3) is 0 Å². The number of aryl methyl sites for hydroxylation is 3. The van der Waals surface area contributed by atoms with E-state index in [0.717, 1.165) is 31.6 Å². The molecule has 0 saturated heterocycles. The molecule has 0 aliphatic rings. The maximum atomic E-state index is 10.7. The van der Waals surface area contributed by atoms with Crippen LogP contribution in [-0.4, -0.2) is 55.2 Å². The lowest BCUT2D eigenvalue weighted by Crippen LogP contribution is -2.35. The van der Waals surface area contributed by atoms with Gasteiger partial charge in [0, 0.05) is 19.6 Å². The summed E-state index contributed by atoms with van der Waals surface area (Å²) >= 11 is 0. The quantitative estimate of drug-likeness (QED) is 0.798. The lowest BCUT2D eigenvalue weighted by Gasteiger charge is -2.27. The Balaban J connectivity index is 2.79. The number of likely N-dealkylation sites (N-methyl/N-ethyl adjacent to an activating group) is 1. The Morgan fingerprint density at radius 2 is 1.57 bits per heavy atom. The molecular weight excluding hydrogens is 260 g/mol. The normalized spacial score (nSPS) is 13.2. The fourth-order valence-corrected chi connectivity index (χ4v) is 3.00. The monoisotopic (exact) mass is 292 g/mol. The Morgan fingerprint density at radius 1 is 1.00 bits per heavy atom.